The van der Waals surface area contributed by atoms with Gasteiger partial charge in [0.25, 0.3) is 0 Å². The first-order valence-corrected chi connectivity index (χ1v) is 8.02. The molecule has 0 saturated carbocycles. The summed E-state index contributed by atoms with van der Waals surface area (Å²) in [6, 6.07) is 4.83. The van der Waals surface area contributed by atoms with E-state index in [1.807, 2.05) is 0 Å². The van der Waals surface area contributed by atoms with E-state index in [2.05, 4.69) is 9.05 Å². The fourth-order valence-electron chi connectivity index (χ4n) is 1.26. The fraction of sp³-hybridized carbons (Fsp3) is 0.222. The lowest BCUT2D eigenvalue weighted by Gasteiger charge is -2.15. The molecule has 1 aromatic rings. The predicted molar refractivity (Wildman–Crippen MR) is 64.9 cm³/mol. The Morgan fingerprint density at radius 2 is 1.58 bits per heavy atom. The molecule has 0 fully saturated rings. The smallest absolute Gasteiger partial charge is 0.417 e. The lowest BCUT2D eigenvalue weighted by Crippen LogP contribution is -2.07. The molecule has 1 atom stereocenters. The lowest BCUT2D eigenvalue weighted by molar-refractivity contribution is 0.189. The number of phosphoric acid groups is 1. The molecule has 8 nitrogen and oxygen atoms in total. The van der Waals surface area contributed by atoms with Crippen LogP contribution in [0, 0.1) is 13.8 Å². The number of benzene rings is 1. The number of aryl methyl sites for hydroxylation is 2. The molecule has 0 aromatic heterocycles. The molecule has 1 rings (SSSR count). The molecule has 0 heterocycles. The van der Waals surface area contributed by atoms with Crippen LogP contribution >= 0.6 is 15.4 Å². The first kappa shape index (κ1) is 15.9. The van der Waals surface area contributed by atoms with Gasteiger partial charge in [0.15, 0.2) is 0 Å². The highest BCUT2D eigenvalue weighted by atomic mass is 31.2. The SMILES string of the molecule is Cc1cccc(C)c1OP(=O)(O)C(=O)OP(=O)(O)O. The normalized spacial score (nSPS) is 14.6. The largest absolute Gasteiger partial charge is 0.527 e. The number of carbonyl (C=O) groups excluding carboxylic acids is 1. The molecule has 0 spiro atoms. The van der Waals surface area contributed by atoms with Gasteiger partial charge in [-0.3, -0.25) is 9.79 Å². The molecular weight excluding hydrogens is 298 g/mol. The minimum Gasteiger partial charge on any atom is -0.417 e. The third kappa shape index (κ3) is 4.45. The highest BCUT2D eigenvalue weighted by Gasteiger charge is 2.40. The van der Waals surface area contributed by atoms with Gasteiger partial charge in [-0.25, -0.2) is 13.9 Å². The lowest BCUT2D eigenvalue weighted by atomic mass is 10.1. The van der Waals surface area contributed by atoms with Crippen LogP contribution in [0.1, 0.15) is 11.1 Å². The monoisotopic (exact) mass is 310 g/mol. The zero-order valence-corrected chi connectivity index (χ0v) is 11.8. The Morgan fingerprint density at radius 1 is 1.11 bits per heavy atom. The van der Waals surface area contributed by atoms with E-state index in [1.54, 1.807) is 32.0 Å². The molecule has 106 valence electrons. The summed E-state index contributed by atoms with van der Waals surface area (Å²) in [5, 5.41) is 0. The standard InChI is InChI=1S/C9H12O8P2/c1-6-4-3-5-7(2)8(6)16-18(11,12)9(10)17-19(13,14)15/h3-5H,1-2H3,(H,11,12)(H2,13,14,15). The van der Waals surface area contributed by atoms with Crippen LogP contribution in [0.15, 0.2) is 18.2 Å². The molecule has 1 aromatic carbocycles. The Balaban J connectivity index is 3.00. The van der Waals surface area contributed by atoms with Crippen LogP contribution in [0.2, 0.25) is 0 Å². The summed E-state index contributed by atoms with van der Waals surface area (Å²) < 4.78 is 30.2. The Bertz CT molecular complexity index is 570. The van der Waals surface area contributed by atoms with E-state index in [9.17, 15) is 18.8 Å². The zero-order chi connectivity index (χ0) is 14.8. The van der Waals surface area contributed by atoms with E-state index < -0.39 is 21.1 Å². The van der Waals surface area contributed by atoms with Gasteiger partial charge in [-0.15, -0.1) is 0 Å². The van der Waals surface area contributed by atoms with Crippen LogP contribution in [0.3, 0.4) is 0 Å². The highest BCUT2D eigenvalue weighted by molar-refractivity contribution is 7.71. The first-order valence-electron chi connectivity index (χ1n) is 4.91. The van der Waals surface area contributed by atoms with Crippen LogP contribution < -0.4 is 4.52 Å². The molecule has 0 aliphatic rings. The van der Waals surface area contributed by atoms with Gasteiger partial charge in [-0.2, -0.15) is 0 Å². The maximum absolute atomic E-state index is 11.6. The molecule has 0 saturated heterocycles. The molecule has 0 aliphatic heterocycles. The van der Waals surface area contributed by atoms with Gasteiger partial charge in [0, 0.05) is 0 Å². The minimum atomic E-state index is -5.21. The Labute approximate surface area is 108 Å². The number of hydrogen-bond donors (Lipinski definition) is 3. The third-order valence-electron chi connectivity index (χ3n) is 2.05. The molecule has 0 amide bonds. The van der Waals surface area contributed by atoms with Crippen molar-refractivity contribution in [2.75, 3.05) is 0 Å². The van der Waals surface area contributed by atoms with Gasteiger partial charge < -0.3 is 13.9 Å². The van der Waals surface area contributed by atoms with Crippen molar-refractivity contribution in [2.24, 2.45) is 0 Å². The number of phosphoric ester groups is 1. The van der Waals surface area contributed by atoms with Crippen LogP contribution in [-0.4, -0.2) is 20.4 Å². The molecule has 3 N–H and O–H groups in total. The van der Waals surface area contributed by atoms with E-state index >= 15 is 0 Å². The Morgan fingerprint density at radius 3 is 2.00 bits per heavy atom. The van der Waals surface area contributed by atoms with E-state index in [0.29, 0.717) is 11.1 Å². The van der Waals surface area contributed by atoms with Crippen molar-refractivity contribution >= 4 is 21.1 Å². The van der Waals surface area contributed by atoms with Gasteiger partial charge in [-0.1, -0.05) is 18.2 Å². The van der Waals surface area contributed by atoms with Crippen molar-refractivity contribution in [3.8, 4) is 5.75 Å². The van der Waals surface area contributed by atoms with Crippen molar-refractivity contribution in [1.29, 1.82) is 0 Å². The van der Waals surface area contributed by atoms with Crippen LogP contribution in [-0.2, 0) is 13.7 Å². The van der Waals surface area contributed by atoms with Crippen molar-refractivity contribution in [3.05, 3.63) is 29.3 Å². The van der Waals surface area contributed by atoms with Gasteiger partial charge in [0.05, 0.1) is 0 Å². The Hall–Kier alpha value is -1.17. The first-order chi connectivity index (χ1) is 8.53. The quantitative estimate of drug-likeness (QED) is 0.721. The van der Waals surface area contributed by atoms with Gasteiger partial charge in [0.2, 0.25) is 0 Å². The summed E-state index contributed by atoms with van der Waals surface area (Å²) in [5.74, 6) is -0.0176. The maximum atomic E-state index is 11.6. The number of carbonyl (C=O) groups is 1. The van der Waals surface area contributed by atoms with Crippen LogP contribution in [0.25, 0.3) is 0 Å². The maximum Gasteiger partial charge on any atom is 0.527 e. The van der Waals surface area contributed by atoms with E-state index in [-0.39, 0.29) is 5.75 Å². The summed E-state index contributed by atoms with van der Waals surface area (Å²) >= 11 is 0. The molecule has 19 heavy (non-hydrogen) atoms. The third-order valence-corrected chi connectivity index (χ3v) is 3.58. The minimum absolute atomic E-state index is 0.0176. The second-order valence-corrected chi connectivity index (χ2v) is 6.43. The summed E-state index contributed by atoms with van der Waals surface area (Å²) in [6.07, 6.45) is 0. The summed E-state index contributed by atoms with van der Waals surface area (Å²) in [5.41, 5.74) is -1.04. The highest BCUT2D eigenvalue weighted by Crippen LogP contribution is 2.51. The summed E-state index contributed by atoms with van der Waals surface area (Å²) in [6.45, 7) is 3.16. The topological polar surface area (TPSA) is 130 Å². The Kier molecular flexibility index (Phi) is 4.55. The number of hydrogen-bond acceptors (Lipinski definition) is 5. The molecule has 0 bridgehead atoms. The average molecular weight is 310 g/mol. The fourth-order valence-corrected chi connectivity index (χ4v) is 2.80. The summed E-state index contributed by atoms with van der Waals surface area (Å²) in [7, 11) is -10.2. The number of rotatable bonds is 4. The van der Waals surface area contributed by atoms with E-state index in [0.717, 1.165) is 0 Å². The zero-order valence-electron chi connectivity index (χ0n) is 10.0. The van der Waals surface area contributed by atoms with Gasteiger partial charge in [-0.05, 0) is 25.0 Å². The second kappa shape index (κ2) is 5.45. The van der Waals surface area contributed by atoms with Gasteiger partial charge in [0.1, 0.15) is 5.75 Å². The molecule has 10 heteroatoms. The molecule has 0 radical (unpaired) electrons. The van der Waals surface area contributed by atoms with Crippen molar-refractivity contribution in [1.82, 2.24) is 0 Å². The van der Waals surface area contributed by atoms with Gasteiger partial charge >= 0.3 is 21.1 Å². The number of para-hydroxylation sites is 1. The molecule has 0 aliphatic carbocycles. The van der Waals surface area contributed by atoms with Crippen molar-refractivity contribution in [3.63, 3.8) is 0 Å². The summed E-state index contributed by atoms with van der Waals surface area (Å²) in [4.78, 5) is 37.3. The van der Waals surface area contributed by atoms with Crippen molar-refractivity contribution in [2.45, 2.75) is 13.8 Å². The van der Waals surface area contributed by atoms with E-state index in [1.165, 1.54) is 0 Å². The van der Waals surface area contributed by atoms with Crippen LogP contribution in [0.4, 0.5) is 4.79 Å². The van der Waals surface area contributed by atoms with Crippen LogP contribution in [0.5, 0.6) is 5.75 Å². The molecular formula is C9H12O8P2. The van der Waals surface area contributed by atoms with E-state index in [4.69, 9.17) is 9.79 Å². The second-order valence-electron chi connectivity index (χ2n) is 3.68. The predicted octanol–water partition coefficient (Wildman–Crippen LogP) is 2.10. The van der Waals surface area contributed by atoms with Crippen molar-refractivity contribution < 1.29 is 37.7 Å². The average Bonchev–Trinajstić information content (AvgIpc) is 2.21. The molecule has 1 unspecified atom stereocenters.